The minimum atomic E-state index is 0.308. The number of terminal acetylenes is 1. The lowest BCUT2D eigenvalue weighted by Gasteiger charge is -2.25. The Hall–Kier alpha value is -2.48. The minimum absolute atomic E-state index is 0.308. The minimum Gasteiger partial charge on any atom is -0.383 e. The molecule has 3 aromatic rings. The first-order valence-corrected chi connectivity index (χ1v) is 7.52. The van der Waals surface area contributed by atoms with Crippen molar-refractivity contribution in [1.29, 1.82) is 0 Å². The molecule has 3 rings (SSSR count). The third-order valence-corrected chi connectivity index (χ3v) is 4.03. The van der Waals surface area contributed by atoms with Gasteiger partial charge >= 0.3 is 0 Å². The molecule has 0 amide bonds. The lowest BCUT2D eigenvalue weighted by atomic mass is 10.1. The van der Waals surface area contributed by atoms with Crippen molar-refractivity contribution >= 4 is 51.3 Å². The molecule has 1 heterocycles. The van der Waals surface area contributed by atoms with Crippen molar-refractivity contribution in [2.75, 3.05) is 17.2 Å². The molecule has 114 valence electrons. The fourth-order valence-corrected chi connectivity index (χ4v) is 2.97. The van der Waals surface area contributed by atoms with Crippen molar-refractivity contribution in [3.8, 4) is 12.3 Å². The Bertz CT molecular complexity index is 898. The molecule has 0 atom stereocenters. The number of hydrogen-bond donors (Lipinski definition) is 1. The van der Waals surface area contributed by atoms with Crippen LogP contribution in [0.1, 0.15) is 0 Å². The first-order chi connectivity index (χ1) is 11.1. The molecule has 4 nitrogen and oxygen atoms in total. The summed E-state index contributed by atoms with van der Waals surface area (Å²) in [5.41, 5.74) is 8.16. The number of hydrogen-bond acceptors (Lipinski definition) is 4. The van der Waals surface area contributed by atoms with E-state index in [1.54, 1.807) is 18.2 Å². The number of nitrogens with zero attached hydrogens (tertiary/aromatic N) is 3. The second-order valence-electron chi connectivity index (χ2n) is 4.82. The van der Waals surface area contributed by atoms with Gasteiger partial charge in [-0.15, -0.1) is 6.42 Å². The molecule has 0 unspecified atom stereocenters. The Morgan fingerprint density at radius 1 is 1.13 bits per heavy atom. The molecule has 0 aliphatic carbocycles. The number of anilines is 3. The monoisotopic (exact) mass is 342 g/mol. The van der Waals surface area contributed by atoms with Crippen molar-refractivity contribution in [3.63, 3.8) is 0 Å². The SMILES string of the molecule is C#CCN(c1ccc2ncnc(N)c2c1)c1c(Cl)cccc1Cl. The maximum Gasteiger partial charge on any atom is 0.134 e. The number of halogens is 2. The van der Waals surface area contributed by atoms with Crippen molar-refractivity contribution in [2.45, 2.75) is 0 Å². The summed E-state index contributed by atoms with van der Waals surface area (Å²) >= 11 is 12.6. The van der Waals surface area contributed by atoms with Crippen LogP contribution in [0.15, 0.2) is 42.7 Å². The van der Waals surface area contributed by atoms with E-state index in [0.29, 0.717) is 28.1 Å². The molecule has 0 saturated heterocycles. The van der Waals surface area contributed by atoms with E-state index in [4.69, 9.17) is 35.4 Å². The molecule has 0 bridgehead atoms. The molecule has 0 fully saturated rings. The Morgan fingerprint density at radius 3 is 2.57 bits per heavy atom. The third-order valence-electron chi connectivity index (χ3n) is 3.42. The van der Waals surface area contributed by atoms with E-state index in [0.717, 1.165) is 16.6 Å². The van der Waals surface area contributed by atoms with Crippen LogP contribution in [0.25, 0.3) is 10.9 Å². The molecule has 6 heteroatoms. The Balaban J connectivity index is 2.19. The topological polar surface area (TPSA) is 55.0 Å². The quantitative estimate of drug-likeness (QED) is 0.721. The van der Waals surface area contributed by atoms with E-state index >= 15 is 0 Å². The number of rotatable bonds is 3. The van der Waals surface area contributed by atoms with Gasteiger partial charge in [0.2, 0.25) is 0 Å². The summed E-state index contributed by atoms with van der Waals surface area (Å²) in [6, 6.07) is 11.0. The van der Waals surface area contributed by atoms with Gasteiger partial charge < -0.3 is 10.6 Å². The van der Waals surface area contributed by atoms with Crippen molar-refractivity contribution < 1.29 is 0 Å². The molecule has 23 heavy (non-hydrogen) atoms. The summed E-state index contributed by atoms with van der Waals surface area (Å²) in [6.07, 6.45) is 6.95. The van der Waals surface area contributed by atoms with Crippen LogP contribution in [0.5, 0.6) is 0 Å². The van der Waals surface area contributed by atoms with E-state index in [9.17, 15) is 0 Å². The maximum atomic E-state index is 6.32. The van der Waals surface area contributed by atoms with Crippen LogP contribution >= 0.6 is 23.2 Å². The fraction of sp³-hybridized carbons (Fsp3) is 0.0588. The summed E-state index contributed by atoms with van der Waals surface area (Å²) < 4.78 is 0. The highest BCUT2D eigenvalue weighted by Gasteiger charge is 2.16. The molecule has 1 aromatic heterocycles. The second kappa shape index (κ2) is 6.33. The van der Waals surface area contributed by atoms with Gasteiger partial charge in [0.1, 0.15) is 12.1 Å². The van der Waals surface area contributed by atoms with Crippen LogP contribution in [0.2, 0.25) is 10.0 Å². The van der Waals surface area contributed by atoms with Gasteiger partial charge in [0.25, 0.3) is 0 Å². The molecule has 0 spiro atoms. The number of benzene rings is 2. The molecule has 0 aliphatic heterocycles. The lowest BCUT2D eigenvalue weighted by Crippen LogP contribution is -2.18. The molecular weight excluding hydrogens is 331 g/mol. The summed E-state index contributed by atoms with van der Waals surface area (Å²) in [7, 11) is 0. The highest BCUT2D eigenvalue weighted by molar-refractivity contribution is 6.39. The Morgan fingerprint density at radius 2 is 1.87 bits per heavy atom. The molecule has 0 saturated carbocycles. The predicted octanol–water partition coefficient (Wildman–Crippen LogP) is 4.29. The molecule has 0 aliphatic rings. The number of para-hydroxylation sites is 1. The van der Waals surface area contributed by atoms with Gasteiger partial charge in [0.05, 0.1) is 27.8 Å². The van der Waals surface area contributed by atoms with Crippen molar-refractivity contribution in [1.82, 2.24) is 9.97 Å². The normalized spacial score (nSPS) is 10.5. The number of fused-ring (bicyclic) bond motifs is 1. The Labute approximate surface area is 143 Å². The summed E-state index contributed by atoms with van der Waals surface area (Å²) in [4.78, 5) is 10.1. The predicted molar refractivity (Wildman–Crippen MR) is 96.3 cm³/mol. The number of nitrogen functional groups attached to an aromatic ring is 1. The lowest BCUT2D eigenvalue weighted by molar-refractivity contribution is 1.12. The van der Waals surface area contributed by atoms with Crippen LogP contribution < -0.4 is 10.6 Å². The average Bonchev–Trinajstić information content (AvgIpc) is 2.54. The van der Waals surface area contributed by atoms with Gasteiger partial charge in [-0.05, 0) is 30.3 Å². The van der Waals surface area contributed by atoms with E-state index < -0.39 is 0 Å². The van der Waals surface area contributed by atoms with Gasteiger partial charge in [0, 0.05) is 11.1 Å². The smallest absolute Gasteiger partial charge is 0.134 e. The zero-order chi connectivity index (χ0) is 16.4. The van der Waals surface area contributed by atoms with Gasteiger partial charge in [-0.2, -0.15) is 0 Å². The largest absolute Gasteiger partial charge is 0.383 e. The van der Waals surface area contributed by atoms with E-state index in [2.05, 4.69) is 15.9 Å². The standard InChI is InChI=1S/C17H12Cl2N4/c1-2-8-23(16-13(18)4-3-5-14(16)19)11-6-7-15-12(9-11)17(20)22-10-21-15/h1,3-7,9-10H,8H2,(H2,20,21,22). The molecule has 2 N–H and O–H groups in total. The van der Waals surface area contributed by atoms with Crippen LogP contribution in [0, 0.1) is 12.3 Å². The third kappa shape index (κ3) is 2.89. The fourth-order valence-electron chi connectivity index (χ4n) is 2.37. The van der Waals surface area contributed by atoms with Crippen LogP contribution in [-0.2, 0) is 0 Å². The summed E-state index contributed by atoms with van der Waals surface area (Å²) in [5, 5.41) is 1.78. The highest BCUT2D eigenvalue weighted by atomic mass is 35.5. The van der Waals surface area contributed by atoms with E-state index in [1.807, 2.05) is 23.1 Å². The van der Waals surface area contributed by atoms with E-state index in [1.165, 1.54) is 6.33 Å². The van der Waals surface area contributed by atoms with Gasteiger partial charge in [-0.25, -0.2) is 9.97 Å². The molecule has 2 aromatic carbocycles. The first kappa shape index (κ1) is 15.4. The molecule has 0 radical (unpaired) electrons. The van der Waals surface area contributed by atoms with Crippen molar-refractivity contribution in [3.05, 3.63) is 52.8 Å². The zero-order valence-electron chi connectivity index (χ0n) is 12.0. The van der Waals surface area contributed by atoms with Gasteiger partial charge in [-0.3, -0.25) is 0 Å². The summed E-state index contributed by atoms with van der Waals surface area (Å²) in [6.45, 7) is 0.308. The van der Waals surface area contributed by atoms with E-state index in [-0.39, 0.29) is 0 Å². The van der Waals surface area contributed by atoms with Gasteiger partial charge in [-0.1, -0.05) is 35.2 Å². The average molecular weight is 343 g/mol. The van der Waals surface area contributed by atoms with Crippen LogP contribution in [-0.4, -0.2) is 16.5 Å². The number of aromatic nitrogens is 2. The summed E-state index contributed by atoms with van der Waals surface area (Å²) in [5.74, 6) is 3.03. The maximum absolute atomic E-state index is 6.32. The Kier molecular flexibility index (Phi) is 4.24. The van der Waals surface area contributed by atoms with Crippen molar-refractivity contribution in [2.24, 2.45) is 0 Å². The zero-order valence-corrected chi connectivity index (χ0v) is 13.5. The van der Waals surface area contributed by atoms with Crippen LogP contribution in [0.4, 0.5) is 17.2 Å². The highest BCUT2D eigenvalue weighted by Crippen LogP contribution is 2.38. The second-order valence-corrected chi connectivity index (χ2v) is 5.64. The molecular formula is C17H12Cl2N4. The van der Waals surface area contributed by atoms with Crippen LogP contribution in [0.3, 0.4) is 0 Å². The number of nitrogens with two attached hydrogens (primary N) is 1. The van der Waals surface area contributed by atoms with Gasteiger partial charge in [0.15, 0.2) is 0 Å². The first-order valence-electron chi connectivity index (χ1n) is 6.77.